The molecule has 3 aliphatic carbocycles. The normalized spacial score (nSPS) is 45.7. The van der Waals surface area contributed by atoms with E-state index in [-0.39, 0.29) is 73.3 Å². The largest absolute Gasteiger partial charge is 0.380 e. The van der Waals surface area contributed by atoms with Crippen molar-refractivity contribution in [2.75, 3.05) is 33.3 Å². The molecule has 5 N–H and O–H groups in total. The fraction of sp³-hybridized carbons (Fsp3) is 0.933. The van der Waals surface area contributed by atoms with E-state index in [2.05, 4.69) is 82.3 Å². The van der Waals surface area contributed by atoms with Crippen LogP contribution in [0.1, 0.15) is 124 Å². The topological polar surface area (TPSA) is 142 Å². The number of likely N-dealkylation sites (tertiary alicyclic amines) is 2. The van der Waals surface area contributed by atoms with Crippen LogP contribution >= 0.6 is 11.8 Å². The Morgan fingerprint density at radius 2 is 1.62 bits per heavy atom. The minimum absolute atomic E-state index is 0.0230. The Kier molecular flexibility index (Phi) is 13.5. The molecule has 13 nitrogen and oxygen atoms in total. The van der Waals surface area contributed by atoms with E-state index < -0.39 is 11.3 Å². The summed E-state index contributed by atoms with van der Waals surface area (Å²) >= 11 is 2.13. The number of piperidine rings is 1. The number of ether oxygens (including phenoxy) is 2. The first-order valence-corrected chi connectivity index (χ1v) is 25.1. The smallest absolute Gasteiger partial charge is 0.267 e. The van der Waals surface area contributed by atoms with Gasteiger partial charge in [0.25, 0.3) is 5.92 Å². The number of hydrogen-bond donors (Lipinski definition) is 5. The number of rotatable bonds is 8. The molecule has 0 aromatic heterocycles. The highest BCUT2D eigenvalue weighted by Gasteiger charge is 2.62. The lowest BCUT2D eigenvalue weighted by Crippen LogP contribution is -2.62. The summed E-state index contributed by atoms with van der Waals surface area (Å²) in [6.07, 6.45) is 13.3. The number of aliphatic imine (C=N–C) groups is 1. The van der Waals surface area contributed by atoms with Crippen LogP contribution < -0.4 is 27.0 Å². The van der Waals surface area contributed by atoms with Crippen molar-refractivity contribution in [2.24, 2.45) is 34.1 Å². The van der Waals surface area contributed by atoms with Crippen LogP contribution in [0.15, 0.2) is 4.99 Å². The molecule has 3 saturated carbocycles. The van der Waals surface area contributed by atoms with Gasteiger partial charge in [0.1, 0.15) is 6.04 Å². The van der Waals surface area contributed by atoms with Gasteiger partial charge in [0, 0.05) is 49.0 Å². The van der Waals surface area contributed by atoms with Crippen LogP contribution in [-0.2, 0) is 14.3 Å². The molecule has 0 aromatic carbocycles. The standard InChI is InChI=1S/C45H74F2N10O3S/c1-26-28(3)61-43-39(26)40(49-27(2)41-54-51-29(4)57(41)43)30-6-11-33(12-7-30)55-20-18-44(19-21-55)24-56(25-45(44,46)47)38-17-16-36(52-53-38)42(58)50-32-9-14-34(15-10-32)60-35-13-8-31(23-48)37(22-35)59-5/h26-39,41,43,51-54H,6-22,24-25H2,1-5H3,(H,50,58)/t26?,27-,28?,29?,30?,31?,32?,33?,34?,35?,36?,37?,38?,39?,41?,43?/m0/s1. The predicted octanol–water partition coefficient (Wildman–Crippen LogP) is 4.95. The van der Waals surface area contributed by atoms with E-state index in [9.17, 15) is 10.1 Å². The van der Waals surface area contributed by atoms with Gasteiger partial charge in [-0.3, -0.25) is 19.6 Å². The van der Waals surface area contributed by atoms with E-state index in [1.807, 2.05) is 4.90 Å². The van der Waals surface area contributed by atoms with E-state index in [4.69, 9.17) is 14.5 Å². The Morgan fingerprint density at radius 1 is 0.885 bits per heavy atom. The zero-order valence-electron chi connectivity index (χ0n) is 37.3. The monoisotopic (exact) mass is 873 g/mol. The molecule has 9 rings (SSSR count). The lowest BCUT2D eigenvalue weighted by atomic mass is 9.72. The molecule has 11 unspecified atom stereocenters. The number of nitriles is 1. The van der Waals surface area contributed by atoms with Gasteiger partial charge in [-0.05, 0) is 129 Å². The van der Waals surface area contributed by atoms with Gasteiger partial charge in [-0.2, -0.15) is 5.26 Å². The summed E-state index contributed by atoms with van der Waals surface area (Å²) in [7, 11) is 1.67. The molecule has 0 radical (unpaired) electrons. The minimum Gasteiger partial charge on any atom is -0.380 e. The summed E-state index contributed by atoms with van der Waals surface area (Å²) in [4.78, 5) is 26.0. The number of alkyl halides is 2. The second-order valence-corrected chi connectivity index (χ2v) is 22.2. The number of fused-ring (bicyclic) bond motifs is 3. The Bertz CT molecular complexity index is 1610. The molecule has 6 heterocycles. The van der Waals surface area contributed by atoms with Crippen molar-refractivity contribution >= 4 is 23.4 Å². The van der Waals surface area contributed by atoms with Crippen LogP contribution in [0.4, 0.5) is 8.78 Å². The molecular weight excluding hydrogens is 799 g/mol. The van der Waals surface area contributed by atoms with Crippen LogP contribution in [-0.4, -0.2) is 137 Å². The highest BCUT2D eigenvalue weighted by atomic mass is 32.2. The number of halogens is 2. The Morgan fingerprint density at radius 3 is 2.31 bits per heavy atom. The number of hydrogen-bond acceptors (Lipinski definition) is 13. The fourth-order valence-electron chi connectivity index (χ4n) is 13.2. The van der Waals surface area contributed by atoms with Gasteiger partial charge in [0.2, 0.25) is 5.91 Å². The molecule has 12 atom stereocenters. The molecule has 9 aliphatic rings. The van der Waals surface area contributed by atoms with Crippen molar-refractivity contribution in [2.45, 2.75) is 202 Å². The Hall–Kier alpha value is -1.52. The third-order valence-corrected chi connectivity index (χ3v) is 18.9. The number of hydrazine groups is 2. The zero-order valence-corrected chi connectivity index (χ0v) is 38.1. The predicted molar refractivity (Wildman–Crippen MR) is 233 cm³/mol. The second kappa shape index (κ2) is 18.4. The summed E-state index contributed by atoms with van der Waals surface area (Å²) < 4.78 is 44.2. The third kappa shape index (κ3) is 8.81. The molecule has 6 aliphatic heterocycles. The van der Waals surface area contributed by atoms with E-state index in [0.717, 1.165) is 83.7 Å². The minimum atomic E-state index is -2.75. The number of nitrogens with one attached hydrogen (secondary N) is 5. The maximum atomic E-state index is 16.1. The zero-order chi connectivity index (χ0) is 42.6. The van der Waals surface area contributed by atoms with Crippen molar-refractivity contribution in [1.29, 1.82) is 5.26 Å². The number of methoxy groups -OCH3 is 1. The third-order valence-electron chi connectivity index (χ3n) is 17.2. The average molecular weight is 873 g/mol. The molecule has 16 heteroatoms. The molecule has 8 fully saturated rings. The quantitative estimate of drug-likeness (QED) is 0.226. The van der Waals surface area contributed by atoms with Gasteiger partial charge < -0.3 is 19.7 Å². The van der Waals surface area contributed by atoms with E-state index in [0.29, 0.717) is 66.6 Å². The van der Waals surface area contributed by atoms with Gasteiger partial charge in [-0.25, -0.2) is 30.5 Å². The first kappa shape index (κ1) is 44.7. The van der Waals surface area contributed by atoms with Crippen LogP contribution in [0.25, 0.3) is 0 Å². The van der Waals surface area contributed by atoms with Gasteiger partial charge in [-0.1, -0.05) is 13.8 Å². The lowest BCUT2D eigenvalue weighted by molar-refractivity contribution is -0.126. The Labute approximate surface area is 367 Å². The highest BCUT2D eigenvalue weighted by Crippen LogP contribution is 2.53. The maximum absolute atomic E-state index is 16.1. The van der Waals surface area contributed by atoms with Crippen LogP contribution in [0, 0.1) is 40.4 Å². The van der Waals surface area contributed by atoms with Gasteiger partial charge in [0.05, 0.1) is 72.2 Å². The molecular formula is C45H74F2N10O3S. The number of thioether (sulfide) groups is 1. The summed E-state index contributed by atoms with van der Waals surface area (Å²) in [5.41, 5.74) is 14.0. The van der Waals surface area contributed by atoms with Gasteiger partial charge >= 0.3 is 0 Å². The van der Waals surface area contributed by atoms with Crippen molar-refractivity contribution in [1.82, 2.24) is 41.7 Å². The molecule has 342 valence electrons. The molecule has 1 spiro atoms. The summed E-state index contributed by atoms with van der Waals surface area (Å²) in [5, 5.41) is 13.7. The lowest BCUT2D eigenvalue weighted by Gasteiger charge is -2.46. The summed E-state index contributed by atoms with van der Waals surface area (Å²) in [6, 6.07) is 2.74. The number of amides is 1. The van der Waals surface area contributed by atoms with Crippen LogP contribution in [0.2, 0.25) is 0 Å². The van der Waals surface area contributed by atoms with Gasteiger partial charge in [0.15, 0.2) is 0 Å². The summed E-state index contributed by atoms with van der Waals surface area (Å²) in [5.74, 6) is -1.28. The highest BCUT2D eigenvalue weighted by molar-refractivity contribution is 8.00. The summed E-state index contributed by atoms with van der Waals surface area (Å²) in [6.45, 7) is 11.0. The number of carbonyl (C=O) groups excluding carboxylic acids is 1. The molecule has 5 saturated heterocycles. The molecule has 1 amide bonds. The van der Waals surface area contributed by atoms with Crippen LogP contribution in [0.3, 0.4) is 0 Å². The van der Waals surface area contributed by atoms with E-state index in [1.54, 1.807) is 7.11 Å². The fourth-order valence-corrected chi connectivity index (χ4v) is 15.1. The number of carbonyl (C=O) groups is 1. The van der Waals surface area contributed by atoms with Crippen molar-refractivity contribution in [3.8, 4) is 6.07 Å². The van der Waals surface area contributed by atoms with Crippen molar-refractivity contribution in [3.05, 3.63) is 0 Å². The molecule has 61 heavy (non-hydrogen) atoms. The first-order chi connectivity index (χ1) is 29.4. The molecule has 0 bridgehead atoms. The first-order valence-electron chi connectivity index (χ1n) is 24.1. The van der Waals surface area contributed by atoms with Gasteiger partial charge in [-0.15, -0.1) is 11.8 Å². The van der Waals surface area contributed by atoms with Crippen LogP contribution in [0.5, 0.6) is 0 Å². The van der Waals surface area contributed by atoms with E-state index >= 15 is 8.78 Å². The van der Waals surface area contributed by atoms with Crippen molar-refractivity contribution < 1.29 is 23.0 Å². The average Bonchev–Trinajstić information content (AvgIpc) is 3.85. The SMILES string of the molecule is COC1CC(OC2CCC(NC(=O)C3CCC(N4CC(F)(F)C5(CCN(C6CCC(C7=N[C@@H](C)C8NNC(C)N8C8SC(C)C(C)C78)CC6)CC5)C4)NN3)CC2)CCC1C#N. The maximum Gasteiger partial charge on any atom is 0.267 e. The van der Waals surface area contributed by atoms with Crippen molar-refractivity contribution in [3.63, 3.8) is 0 Å². The second-order valence-electron chi connectivity index (χ2n) is 20.7. The Balaban J connectivity index is 0.711. The number of nitrogens with zero attached hydrogens (tertiary/aromatic N) is 5. The molecule has 0 aromatic rings. The van der Waals surface area contributed by atoms with E-state index in [1.165, 1.54) is 5.71 Å².